The van der Waals surface area contributed by atoms with Crippen molar-refractivity contribution in [2.45, 2.75) is 13.5 Å². The summed E-state index contributed by atoms with van der Waals surface area (Å²) in [6.07, 6.45) is 0. The van der Waals surface area contributed by atoms with E-state index < -0.39 is 5.97 Å². The van der Waals surface area contributed by atoms with E-state index in [1.165, 1.54) is 6.07 Å². The summed E-state index contributed by atoms with van der Waals surface area (Å²) in [5.41, 5.74) is 1.93. The van der Waals surface area contributed by atoms with Crippen molar-refractivity contribution in [1.29, 1.82) is 0 Å². The van der Waals surface area contributed by atoms with Gasteiger partial charge < -0.3 is 15.7 Å². The number of carboxylic acid groups (broad SMARTS) is 1. The molecule has 3 N–H and O–H groups in total. The molecule has 26 heavy (non-hydrogen) atoms. The Kier molecular flexibility index (Phi) is 5.34. The number of halogens is 1. The van der Waals surface area contributed by atoms with Gasteiger partial charge in [-0.25, -0.2) is 14.8 Å². The predicted octanol–water partition coefficient (Wildman–Crippen LogP) is 4.49. The zero-order chi connectivity index (χ0) is 18.5. The van der Waals surface area contributed by atoms with Gasteiger partial charge in [0, 0.05) is 23.3 Å². The molecule has 0 aliphatic heterocycles. The van der Waals surface area contributed by atoms with Gasteiger partial charge in [-0.05, 0) is 42.8 Å². The molecule has 0 bridgehead atoms. The predicted molar refractivity (Wildman–Crippen MR) is 102 cm³/mol. The van der Waals surface area contributed by atoms with E-state index in [9.17, 15) is 4.79 Å². The number of hydrogen-bond donors (Lipinski definition) is 3. The van der Waals surface area contributed by atoms with Crippen molar-refractivity contribution in [2.75, 3.05) is 10.6 Å². The number of anilines is 3. The van der Waals surface area contributed by atoms with Crippen LogP contribution in [0.15, 0.2) is 54.6 Å². The maximum atomic E-state index is 11.1. The first-order valence-electron chi connectivity index (χ1n) is 7.94. The van der Waals surface area contributed by atoms with Crippen LogP contribution in [0.25, 0.3) is 0 Å². The van der Waals surface area contributed by atoms with Crippen molar-refractivity contribution in [3.05, 3.63) is 76.6 Å². The van der Waals surface area contributed by atoms with Crippen LogP contribution >= 0.6 is 11.6 Å². The fourth-order valence-electron chi connectivity index (χ4n) is 2.40. The van der Waals surface area contributed by atoms with E-state index in [0.717, 1.165) is 5.56 Å². The molecule has 0 spiro atoms. The number of aromatic carboxylic acids is 1. The first kappa shape index (κ1) is 17.7. The molecule has 0 amide bonds. The van der Waals surface area contributed by atoms with Gasteiger partial charge in [0.25, 0.3) is 0 Å². The molecule has 0 unspecified atom stereocenters. The number of rotatable bonds is 6. The van der Waals surface area contributed by atoms with Crippen molar-refractivity contribution in [3.8, 4) is 0 Å². The third-order valence-electron chi connectivity index (χ3n) is 3.61. The van der Waals surface area contributed by atoms with E-state index in [-0.39, 0.29) is 5.56 Å². The first-order valence-corrected chi connectivity index (χ1v) is 8.32. The van der Waals surface area contributed by atoms with Crippen LogP contribution in [0.2, 0.25) is 5.02 Å². The number of nitrogens with one attached hydrogen (secondary N) is 2. The Labute approximate surface area is 155 Å². The topological polar surface area (TPSA) is 87.1 Å². The van der Waals surface area contributed by atoms with Gasteiger partial charge in [-0.15, -0.1) is 0 Å². The summed E-state index contributed by atoms with van der Waals surface area (Å²) in [5.74, 6) is 0.879. The smallest absolute Gasteiger partial charge is 0.335 e. The van der Waals surface area contributed by atoms with E-state index in [4.69, 9.17) is 16.7 Å². The highest BCUT2D eigenvalue weighted by atomic mass is 35.5. The summed E-state index contributed by atoms with van der Waals surface area (Å²) in [6, 6.07) is 15.9. The molecule has 0 aliphatic carbocycles. The molecule has 132 valence electrons. The molecule has 0 radical (unpaired) electrons. The average Bonchev–Trinajstić information content (AvgIpc) is 2.61. The standard InChI is InChI=1S/C19H17ClN4O2/c1-12-22-17(21-11-13-5-7-15(20)8-6-13)10-18(23-12)24-16-4-2-3-14(9-16)19(25)26/h2-10H,11H2,1H3,(H,25,26)(H2,21,22,23,24). The normalized spacial score (nSPS) is 10.4. The summed E-state index contributed by atoms with van der Waals surface area (Å²) in [5, 5.41) is 16.1. The van der Waals surface area contributed by atoms with Gasteiger partial charge in [-0.1, -0.05) is 29.8 Å². The fourth-order valence-corrected chi connectivity index (χ4v) is 2.52. The van der Waals surface area contributed by atoms with Gasteiger partial charge in [0.2, 0.25) is 0 Å². The SMILES string of the molecule is Cc1nc(NCc2ccc(Cl)cc2)cc(Nc2cccc(C(=O)O)c2)n1. The summed E-state index contributed by atoms with van der Waals surface area (Å²) in [4.78, 5) is 19.8. The van der Waals surface area contributed by atoms with Gasteiger partial charge in [-0.2, -0.15) is 0 Å². The minimum absolute atomic E-state index is 0.210. The second-order valence-electron chi connectivity index (χ2n) is 5.68. The lowest BCUT2D eigenvalue weighted by Gasteiger charge is -2.11. The average molecular weight is 369 g/mol. The first-order chi connectivity index (χ1) is 12.5. The monoisotopic (exact) mass is 368 g/mol. The third-order valence-corrected chi connectivity index (χ3v) is 3.86. The van der Waals surface area contributed by atoms with Crippen LogP contribution in [0, 0.1) is 6.92 Å². The van der Waals surface area contributed by atoms with Crippen molar-refractivity contribution in [2.24, 2.45) is 0 Å². The van der Waals surface area contributed by atoms with Gasteiger partial charge >= 0.3 is 5.97 Å². The van der Waals surface area contributed by atoms with Crippen LogP contribution in [0.4, 0.5) is 17.3 Å². The minimum atomic E-state index is -0.974. The van der Waals surface area contributed by atoms with E-state index in [0.29, 0.717) is 34.7 Å². The molecule has 2 aromatic carbocycles. The molecule has 0 saturated heterocycles. The highest BCUT2D eigenvalue weighted by Crippen LogP contribution is 2.19. The Bertz CT molecular complexity index is 929. The zero-order valence-electron chi connectivity index (χ0n) is 14.0. The van der Waals surface area contributed by atoms with Gasteiger partial charge in [-0.3, -0.25) is 0 Å². The molecule has 1 aromatic heterocycles. The fraction of sp³-hybridized carbons (Fsp3) is 0.105. The summed E-state index contributed by atoms with van der Waals surface area (Å²) in [7, 11) is 0. The Balaban J connectivity index is 1.74. The van der Waals surface area contributed by atoms with E-state index in [2.05, 4.69) is 20.6 Å². The molecular weight excluding hydrogens is 352 g/mol. The lowest BCUT2D eigenvalue weighted by Crippen LogP contribution is -2.05. The number of aromatic nitrogens is 2. The second-order valence-corrected chi connectivity index (χ2v) is 6.11. The Morgan fingerprint density at radius 3 is 2.54 bits per heavy atom. The highest BCUT2D eigenvalue weighted by Gasteiger charge is 2.06. The molecule has 0 saturated carbocycles. The molecular formula is C19H17ClN4O2. The number of benzene rings is 2. The lowest BCUT2D eigenvalue weighted by atomic mass is 10.2. The van der Waals surface area contributed by atoms with E-state index in [1.54, 1.807) is 31.2 Å². The summed E-state index contributed by atoms with van der Waals surface area (Å²) in [6.45, 7) is 2.40. The van der Waals surface area contributed by atoms with Crippen LogP contribution in [0.5, 0.6) is 0 Å². The van der Waals surface area contributed by atoms with Crippen molar-refractivity contribution in [3.63, 3.8) is 0 Å². The lowest BCUT2D eigenvalue weighted by molar-refractivity contribution is 0.0697. The Hall–Kier alpha value is -3.12. The molecule has 0 fully saturated rings. The second kappa shape index (κ2) is 7.84. The highest BCUT2D eigenvalue weighted by molar-refractivity contribution is 6.30. The quantitative estimate of drug-likeness (QED) is 0.594. The Morgan fingerprint density at radius 1 is 1.08 bits per heavy atom. The molecule has 3 rings (SSSR count). The van der Waals surface area contributed by atoms with Gasteiger partial charge in [0.1, 0.15) is 17.5 Å². The number of carboxylic acids is 1. The van der Waals surface area contributed by atoms with Gasteiger partial charge in [0.15, 0.2) is 0 Å². The molecule has 0 aliphatic rings. The maximum Gasteiger partial charge on any atom is 0.335 e. The van der Waals surface area contributed by atoms with Crippen LogP contribution in [0.3, 0.4) is 0 Å². The van der Waals surface area contributed by atoms with Crippen LogP contribution in [-0.2, 0) is 6.54 Å². The van der Waals surface area contributed by atoms with Crippen molar-refractivity contribution >= 4 is 34.9 Å². The van der Waals surface area contributed by atoms with E-state index in [1.807, 2.05) is 24.3 Å². The molecule has 6 nitrogen and oxygen atoms in total. The van der Waals surface area contributed by atoms with Crippen LogP contribution in [0.1, 0.15) is 21.7 Å². The van der Waals surface area contributed by atoms with E-state index >= 15 is 0 Å². The summed E-state index contributed by atoms with van der Waals surface area (Å²) < 4.78 is 0. The number of aryl methyl sites for hydroxylation is 1. The van der Waals surface area contributed by atoms with Crippen LogP contribution < -0.4 is 10.6 Å². The largest absolute Gasteiger partial charge is 0.478 e. The minimum Gasteiger partial charge on any atom is -0.478 e. The van der Waals surface area contributed by atoms with Crippen LogP contribution in [-0.4, -0.2) is 21.0 Å². The number of nitrogens with zero attached hydrogens (tertiary/aromatic N) is 2. The molecule has 7 heteroatoms. The van der Waals surface area contributed by atoms with Crippen molar-refractivity contribution in [1.82, 2.24) is 9.97 Å². The Morgan fingerprint density at radius 2 is 1.81 bits per heavy atom. The maximum absolute atomic E-state index is 11.1. The molecule has 0 atom stereocenters. The van der Waals surface area contributed by atoms with Crippen molar-refractivity contribution < 1.29 is 9.90 Å². The third kappa shape index (κ3) is 4.70. The molecule has 1 heterocycles. The molecule has 3 aromatic rings. The summed E-state index contributed by atoms with van der Waals surface area (Å²) >= 11 is 5.89. The van der Waals surface area contributed by atoms with Gasteiger partial charge in [0.05, 0.1) is 5.56 Å². The number of hydrogen-bond acceptors (Lipinski definition) is 5. The zero-order valence-corrected chi connectivity index (χ0v) is 14.8. The number of carbonyl (C=O) groups is 1.